The number of nitrogens with one attached hydrogen (secondary N) is 1. The third-order valence-electron chi connectivity index (χ3n) is 5.02. The molecule has 0 saturated heterocycles. The summed E-state index contributed by atoms with van der Waals surface area (Å²) in [5.41, 5.74) is 2.50. The molecule has 0 spiro atoms. The molecular weight excluding hydrogens is 433 g/mol. The monoisotopic (exact) mass is 453 g/mol. The molecule has 3 aromatic rings. The molecule has 0 atom stereocenters. The summed E-state index contributed by atoms with van der Waals surface area (Å²) in [6.45, 7) is 2.54. The first kappa shape index (κ1) is 21.4. The first-order valence-corrected chi connectivity index (χ1v) is 11.1. The van der Waals surface area contributed by atoms with E-state index in [-0.39, 0.29) is 17.2 Å². The first-order valence-electron chi connectivity index (χ1n) is 9.69. The summed E-state index contributed by atoms with van der Waals surface area (Å²) in [4.78, 5) is 12.9. The van der Waals surface area contributed by atoms with Crippen LogP contribution in [0, 0.1) is 12.7 Å². The average molecular weight is 453 g/mol. The minimum Gasteiger partial charge on any atom is -0.304 e. The van der Waals surface area contributed by atoms with Crippen LogP contribution in [0.1, 0.15) is 16.7 Å². The van der Waals surface area contributed by atoms with Crippen LogP contribution in [0.2, 0.25) is 0 Å². The molecule has 4 rings (SSSR count). The Morgan fingerprint density at radius 3 is 2.53 bits per heavy atom. The van der Waals surface area contributed by atoms with Crippen LogP contribution in [0.25, 0.3) is 0 Å². The molecule has 8 nitrogen and oxygen atoms in total. The van der Waals surface area contributed by atoms with Gasteiger partial charge in [0.1, 0.15) is 11.5 Å². The molecule has 0 fully saturated rings. The maximum Gasteiger partial charge on any atom is 0.345 e. The molecule has 1 aliphatic heterocycles. The number of allylic oxidation sites excluding steroid dienone is 1. The van der Waals surface area contributed by atoms with Crippen LogP contribution in [-0.4, -0.2) is 41.2 Å². The molecule has 0 unspecified atom stereocenters. The van der Waals surface area contributed by atoms with Gasteiger partial charge in [-0.1, -0.05) is 24.3 Å². The Kier molecular flexibility index (Phi) is 5.62. The van der Waals surface area contributed by atoms with E-state index in [4.69, 9.17) is 0 Å². The number of hydrogen-bond acceptors (Lipinski definition) is 4. The predicted octanol–water partition coefficient (Wildman–Crippen LogP) is 2.88. The zero-order valence-electron chi connectivity index (χ0n) is 17.4. The van der Waals surface area contributed by atoms with Crippen molar-refractivity contribution in [2.45, 2.75) is 13.5 Å². The molecule has 164 valence electrons. The van der Waals surface area contributed by atoms with E-state index in [0.717, 1.165) is 15.4 Å². The van der Waals surface area contributed by atoms with Gasteiger partial charge in [-0.15, -0.1) is 4.40 Å². The minimum absolute atomic E-state index is 0.0401. The summed E-state index contributed by atoms with van der Waals surface area (Å²) in [7, 11) is -2.88. The summed E-state index contributed by atoms with van der Waals surface area (Å²) in [5, 5.41) is 6.97. The quantitative estimate of drug-likeness (QED) is 0.643. The van der Waals surface area contributed by atoms with Crippen molar-refractivity contribution in [2.75, 3.05) is 12.4 Å². The highest BCUT2D eigenvalue weighted by Crippen LogP contribution is 2.21. The normalized spacial score (nSPS) is 15.2. The lowest BCUT2D eigenvalue weighted by molar-refractivity contribution is -0.113. The van der Waals surface area contributed by atoms with Crippen molar-refractivity contribution in [3.05, 3.63) is 95.1 Å². The van der Waals surface area contributed by atoms with Crippen LogP contribution in [-0.2, 0) is 21.5 Å². The highest BCUT2D eigenvalue weighted by molar-refractivity contribution is 7.88. The van der Waals surface area contributed by atoms with E-state index in [9.17, 15) is 17.6 Å². The van der Waals surface area contributed by atoms with Crippen molar-refractivity contribution < 1.29 is 17.6 Å². The van der Waals surface area contributed by atoms with Gasteiger partial charge in [0.25, 0.3) is 5.91 Å². The topological polar surface area (TPSA) is 96.7 Å². The first-order chi connectivity index (χ1) is 15.2. The van der Waals surface area contributed by atoms with E-state index < -0.39 is 21.9 Å². The van der Waals surface area contributed by atoms with Crippen LogP contribution in [0.4, 0.5) is 10.2 Å². The predicted molar refractivity (Wildman–Crippen MR) is 119 cm³/mol. The van der Waals surface area contributed by atoms with Gasteiger partial charge in [0.2, 0.25) is 0 Å². The van der Waals surface area contributed by atoms with Crippen LogP contribution in [0.5, 0.6) is 0 Å². The van der Waals surface area contributed by atoms with Crippen molar-refractivity contribution in [2.24, 2.45) is 4.40 Å². The lowest BCUT2D eigenvalue weighted by Gasteiger charge is -2.23. The number of nitrogens with zero attached hydrogens (tertiary/aromatic N) is 4. The van der Waals surface area contributed by atoms with E-state index in [2.05, 4.69) is 14.8 Å². The van der Waals surface area contributed by atoms with Crippen molar-refractivity contribution in [1.29, 1.82) is 0 Å². The van der Waals surface area contributed by atoms with Gasteiger partial charge in [0.05, 0.1) is 12.3 Å². The SMILES string of the molecule is Cc1ccccc1Cn1ccc(NC(=O)C2=CC(c3ccc(F)cc3)=NS(=O)(=O)N2C)n1. The summed E-state index contributed by atoms with van der Waals surface area (Å²) < 4.78 is 44.3. The highest BCUT2D eigenvalue weighted by Gasteiger charge is 2.30. The second-order valence-electron chi connectivity index (χ2n) is 7.24. The lowest BCUT2D eigenvalue weighted by atomic mass is 10.1. The number of anilines is 1. The summed E-state index contributed by atoms with van der Waals surface area (Å²) in [6, 6.07) is 14.7. The van der Waals surface area contributed by atoms with Gasteiger partial charge < -0.3 is 5.32 Å². The van der Waals surface area contributed by atoms with Crippen LogP contribution < -0.4 is 5.32 Å². The van der Waals surface area contributed by atoms with E-state index in [1.807, 2.05) is 31.2 Å². The van der Waals surface area contributed by atoms with Crippen LogP contribution >= 0.6 is 0 Å². The number of aryl methyl sites for hydroxylation is 1. The van der Waals surface area contributed by atoms with Gasteiger partial charge in [-0.2, -0.15) is 13.5 Å². The van der Waals surface area contributed by atoms with Crippen molar-refractivity contribution in [1.82, 2.24) is 14.1 Å². The molecule has 0 saturated carbocycles. The summed E-state index contributed by atoms with van der Waals surface area (Å²) in [6.07, 6.45) is 3.07. The van der Waals surface area contributed by atoms with Crippen LogP contribution in [0.3, 0.4) is 0 Å². The van der Waals surface area contributed by atoms with Crippen molar-refractivity contribution in [3.8, 4) is 0 Å². The molecule has 2 aromatic carbocycles. The minimum atomic E-state index is -4.12. The highest BCUT2D eigenvalue weighted by atomic mass is 32.2. The molecule has 1 amide bonds. The zero-order valence-corrected chi connectivity index (χ0v) is 18.2. The number of halogens is 1. The molecule has 10 heteroatoms. The smallest absolute Gasteiger partial charge is 0.304 e. The Hall–Kier alpha value is -3.79. The van der Waals surface area contributed by atoms with Crippen molar-refractivity contribution >= 4 is 27.6 Å². The summed E-state index contributed by atoms with van der Waals surface area (Å²) >= 11 is 0. The molecule has 1 N–H and O–H groups in total. The molecule has 1 aliphatic rings. The second-order valence-corrected chi connectivity index (χ2v) is 8.86. The second kappa shape index (κ2) is 8.39. The van der Waals surface area contributed by atoms with Gasteiger partial charge in [-0.25, -0.2) is 8.70 Å². The maximum atomic E-state index is 13.2. The Bertz CT molecular complexity index is 1340. The lowest BCUT2D eigenvalue weighted by Crippen LogP contribution is -2.35. The van der Waals surface area contributed by atoms with Crippen LogP contribution in [0.15, 0.2) is 77.0 Å². The molecule has 2 heterocycles. The number of carbonyl (C=O) groups excluding carboxylic acids is 1. The van der Waals surface area contributed by atoms with Gasteiger partial charge in [0.15, 0.2) is 5.82 Å². The maximum absolute atomic E-state index is 13.2. The molecule has 0 aliphatic carbocycles. The molecule has 1 aromatic heterocycles. The number of rotatable bonds is 5. The van der Waals surface area contributed by atoms with Gasteiger partial charge in [0, 0.05) is 24.9 Å². The third kappa shape index (κ3) is 4.45. The Morgan fingerprint density at radius 2 is 1.81 bits per heavy atom. The zero-order chi connectivity index (χ0) is 22.9. The van der Waals surface area contributed by atoms with E-state index >= 15 is 0 Å². The van der Waals surface area contributed by atoms with Gasteiger partial charge in [-0.05, 0) is 48.4 Å². The molecule has 32 heavy (non-hydrogen) atoms. The number of benzene rings is 2. The Balaban J connectivity index is 1.56. The molecule has 0 radical (unpaired) electrons. The Morgan fingerprint density at radius 1 is 1.09 bits per heavy atom. The van der Waals surface area contributed by atoms with E-state index in [1.165, 1.54) is 37.4 Å². The molecule has 0 bridgehead atoms. The Labute approximate surface area is 184 Å². The number of hydrogen-bond donors (Lipinski definition) is 1. The molecular formula is C22H20FN5O3S. The van der Waals surface area contributed by atoms with E-state index in [1.54, 1.807) is 16.9 Å². The average Bonchev–Trinajstić information content (AvgIpc) is 3.19. The number of carbonyl (C=O) groups is 1. The van der Waals surface area contributed by atoms with Gasteiger partial charge in [-0.3, -0.25) is 9.48 Å². The fourth-order valence-corrected chi connectivity index (χ4v) is 4.09. The fourth-order valence-electron chi connectivity index (χ4n) is 3.18. The number of aromatic nitrogens is 2. The number of amides is 1. The largest absolute Gasteiger partial charge is 0.345 e. The summed E-state index contributed by atoms with van der Waals surface area (Å²) in [5.74, 6) is -0.846. The van der Waals surface area contributed by atoms with Gasteiger partial charge >= 0.3 is 10.2 Å². The number of likely N-dealkylation sites (N-methyl/N-ethyl adjacent to an activating group) is 1. The third-order valence-corrected chi connectivity index (χ3v) is 6.34. The van der Waals surface area contributed by atoms with E-state index in [0.29, 0.717) is 12.1 Å². The van der Waals surface area contributed by atoms with Crippen molar-refractivity contribution in [3.63, 3.8) is 0 Å². The standard InChI is InChI=1S/C22H20FN5O3S/c1-15-5-3-4-6-17(15)14-28-12-11-21(25-28)24-22(29)20-13-19(26-32(30,31)27(20)2)16-7-9-18(23)10-8-16/h3-13H,14H2,1-2H3,(H,24,25,29). The fraction of sp³-hybridized carbons (Fsp3) is 0.136.